The highest BCUT2D eigenvalue weighted by Crippen LogP contribution is 2.50. The van der Waals surface area contributed by atoms with Gasteiger partial charge in [-0.1, -0.05) is 18.2 Å². The number of carbonyl (C=O) groups is 1. The Morgan fingerprint density at radius 2 is 1.61 bits per heavy atom. The van der Waals surface area contributed by atoms with Gasteiger partial charge in [-0.25, -0.2) is 4.90 Å². The van der Waals surface area contributed by atoms with E-state index in [9.17, 15) is 39.9 Å². The van der Waals surface area contributed by atoms with Crippen molar-refractivity contribution < 1.29 is 39.9 Å². The van der Waals surface area contributed by atoms with Crippen molar-refractivity contribution >= 4 is 17.5 Å². The van der Waals surface area contributed by atoms with E-state index in [1.165, 1.54) is 31.2 Å². The second-order valence-corrected chi connectivity index (χ2v) is 6.26. The fourth-order valence-electron chi connectivity index (χ4n) is 2.76. The first-order valence-corrected chi connectivity index (χ1v) is 8.27. The van der Waals surface area contributed by atoms with Crippen molar-refractivity contribution in [2.75, 3.05) is 4.90 Å². The summed E-state index contributed by atoms with van der Waals surface area (Å²) < 4.78 is 107. The van der Waals surface area contributed by atoms with Gasteiger partial charge in [0, 0.05) is 11.6 Å². The van der Waals surface area contributed by atoms with Gasteiger partial charge in [-0.2, -0.15) is 45.3 Å². The van der Waals surface area contributed by atoms with Gasteiger partial charge in [-0.15, -0.1) is 0 Å². The number of aryl methyl sites for hydroxylation is 1. The Labute approximate surface area is 167 Å². The van der Waals surface area contributed by atoms with E-state index in [0.717, 1.165) is 17.4 Å². The molecule has 2 aromatic heterocycles. The van der Waals surface area contributed by atoms with Crippen molar-refractivity contribution in [1.82, 2.24) is 20.4 Å². The van der Waals surface area contributed by atoms with Crippen LogP contribution in [-0.4, -0.2) is 32.5 Å². The number of aromatic amines is 2. The number of anilines is 2. The second kappa shape index (κ2) is 7.35. The van der Waals surface area contributed by atoms with Crippen LogP contribution in [0.5, 0.6) is 0 Å². The van der Waals surface area contributed by atoms with E-state index >= 15 is 0 Å². The van der Waals surface area contributed by atoms with E-state index < -0.39 is 47.1 Å². The van der Waals surface area contributed by atoms with E-state index in [4.69, 9.17) is 0 Å². The summed E-state index contributed by atoms with van der Waals surface area (Å²) in [6, 6.07) is 6.64. The molecule has 2 N–H and O–H groups in total. The molecule has 14 heteroatoms. The predicted octanol–water partition coefficient (Wildman–Crippen LogP) is 5.09. The van der Waals surface area contributed by atoms with Crippen LogP contribution in [0.1, 0.15) is 27.2 Å². The van der Waals surface area contributed by atoms with Crippen LogP contribution in [0.2, 0.25) is 0 Å². The Morgan fingerprint density at radius 1 is 0.968 bits per heavy atom. The van der Waals surface area contributed by atoms with Crippen molar-refractivity contribution in [2.45, 2.75) is 25.2 Å². The van der Waals surface area contributed by atoms with E-state index in [2.05, 4.69) is 15.3 Å². The zero-order valence-electron chi connectivity index (χ0n) is 15.2. The maximum absolute atomic E-state index is 13.8. The van der Waals surface area contributed by atoms with Gasteiger partial charge in [0.25, 0.3) is 5.91 Å². The van der Waals surface area contributed by atoms with E-state index in [0.29, 0.717) is 5.56 Å². The molecule has 0 bridgehead atoms. The van der Waals surface area contributed by atoms with Gasteiger partial charge in [0.15, 0.2) is 5.82 Å². The molecule has 2 heterocycles. The zero-order valence-corrected chi connectivity index (χ0v) is 15.2. The van der Waals surface area contributed by atoms with Gasteiger partial charge in [0.05, 0.1) is 6.20 Å². The SMILES string of the molecule is Cc1ccccc1C(=O)N(c1ccn[nH]1)c1n[nH]c(C(F)(F)C(F)(F)F)c1C(F)(F)F. The highest BCUT2D eigenvalue weighted by Gasteiger charge is 2.63. The maximum Gasteiger partial charge on any atom is 0.459 e. The number of benzene rings is 1. The molecule has 166 valence electrons. The quantitative estimate of drug-likeness (QED) is 0.540. The molecule has 0 saturated carbocycles. The summed E-state index contributed by atoms with van der Waals surface area (Å²) in [5.74, 6) is -9.02. The number of nitrogens with one attached hydrogen (secondary N) is 2. The van der Waals surface area contributed by atoms with Crippen LogP contribution in [0.25, 0.3) is 0 Å². The summed E-state index contributed by atoms with van der Waals surface area (Å²) in [6.45, 7) is 1.46. The Balaban J connectivity index is 2.29. The number of hydrogen-bond acceptors (Lipinski definition) is 3. The topological polar surface area (TPSA) is 77.7 Å². The molecule has 31 heavy (non-hydrogen) atoms. The van der Waals surface area contributed by atoms with E-state index in [1.807, 2.05) is 0 Å². The Bertz CT molecular complexity index is 1080. The highest BCUT2D eigenvalue weighted by molar-refractivity contribution is 6.11. The van der Waals surface area contributed by atoms with Gasteiger partial charge in [-0.3, -0.25) is 15.0 Å². The molecule has 0 unspecified atom stereocenters. The fraction of sp³-hybridized carbons (Fsp3) is 0.235. The van der Waals surface area contributed by atoms with Gasteiger partial charge < -0.3 is 0 Å². The second-order valence-electron chi connectivity index (χ2n) is 6.26. The predicted molar refractivity (Wildman–Crippen MR) is 89.8 cm³/mol. The minimum atomic E-state index is -6.35. The minimum Gasteiger partial charge on any atom is -0.273 e. The number of aromatic nitrogens is 4. The van der Waals surface area contributed by atoms with Gasteiger partial charge in [0.2, 0.25) is 0 Å². The number of hydrogen-bond donors (Lipinski definition) is 2. The number of amides is 1. The molecule has 0 atom stereocenters. The largest absolute Gasteiger partial charge is 0.459 e. The van der Waals surface area contributed by atoms with Crippen LogP contribution in [-0.2, 0) is 12.1 Å². The van der Waals surface area contributed by atoms with Crippen LogP contribution < -0.4 is 4.90 Å². The first-order chi connectivity index (χ1) is 14.3. The summed E-state index contributed by atoms with van der Waals surface area (Å²) in [5, 5.41) is 9.82. The zero-order chi connectivity index (χ0) is 23.2. The van der Waals surface area contributed by atoms with Crippen molar-refractivity contribution in [3.05, 3.63) is 58.9 Å². The third kappa shape index (κ3) is 3.84. The van der Waals surface area contributed by atoms with Crippen LogP contribution in [0.15, 0.2) is 36.5 Å². The number of rotatable bonds is 4. The maximum atomic E-state index is 13.8. The monoisotopic (exact) mass is 453 g/mol. The lowest BCUT2D eigenvalue weighted by Crippen LogP contribution is -2.36. The molecule has 3 aromatic rings. The summed E-state index contributed by atoms with van der Waals surface area (Å²) >= 11 is 0. The van der Waals surface area contributed by atoms with Crippen molar-refractivity contribution in [1.29, 1.82) is 0 Å². The fourth-order valence-corrected chi connectivity index (χ4v) is 2.76. The molecule has 0 fully saturated rings. The van der Waals surface area contributed by atoms with Crippen molar-refractivity contribution in [3.8, 4) is 0 Å². The lowest BCUT2D eigenvalue weighted by atomic mass is 10.1. The third-order valence-corrected chi connectivity index (χ3v) is 4.22. The molecular weight excluding hydrogens is 442 g/mol. The van der Waals surface area contributed by atoms with Crippen LogP contribution in [0, 0.1) is 6.92 Å². The summed E-state index contributed by atoms with van der Waals surface area (Å²) in [7, 11) is 0. The molecule has 0 radical (unpaired) electrons. The summed E-state index contributed by atoms with van der Waals surface area (Å²) in [6.07, 6.45) is -11.0. The molecule has 0 aliphatic rings. The Morgan fingerprint density at radius 3 is 2.13 bits per heavy atom. The third-order valence-electron chi connectivity index (χ3n) is 4.22. The van der Waals surface area contributed by atoms with Crippen LogP contribution in [0.4, 0.5) is 46.8 Å². The number of H-pyrrole nitrogens is 2. The molecule has 0 saturated heterocycles. The standard InChI is InChI=1S/C17H11F8N5O/c1-8-4-2-3-5-9(8)14(31)30(10-6-7-26-27-10)13-11(16(20,21)22)12(28-29-13)15(18,19)17(23,24)25/h2-7H,1H3,(H,26,27)(H,28,29). The number of halogens is 8. The smallest absolute Gasteiger partial charge is 0.273 e. The van der Waals surface area contributed by atoms with Gasteiger partial charge >= 0.3 is 18.3 Å². The van der Waals surface area contributed by atoms with Gasteiger partial charge in [-0.05, 0) is 18.6 Å². The lowest BCUT2D eigenvalue weighted by Gasteiger charge is -2.23. The van der Waals surface area contributed by atoms with Crippen LogP contribution in [0.3, 0.4) is 0 Å². The van der Waals surface area contributed by atoms with Crippen LogP contribution >= 0.6 is 0 Å². The number of alkyl halides is 8. The van der Waals surface area contributed by atoms with E-state index in [-0.39, 0.29) is 10.5 Å². The average molecular weight is 453 g/mol. The molecule has 6 nitrogen and oxygen atoms in total. The molecule has 0 aliphatic carbocycles. The molecule has 1 amide bonds. The molecule has 3 rings (SSSR count). The molecule has 0 spiro atoms. The first-order valence-electron chi connectivity index (χ1n) is 8.27. The number of nitrogens with zero attached hydrogens (tertiary/aromatic N) is 3. The van der Waals surface area contributed by atoms with Crippen molar-refractivity contribution in [3.63, 3.8) is 0 Å². The van der Waals surface area contributed by atoms with Crippen molar-refractivity contribution in [2.24, 2.45) is 0 Å². The first kappa shape index (κ1) is 22.2. The Kier molecular flexibility index (Phi) is 5.28. The van der Waals surface area contributed by atoms with E-state index in [1.54, 1.807) is 0 Å². The molecule has 0 aliphatic heterocycles. The molecule has 1 aromatic carbocycles. The summed E-state index contributed by atoms with van der Waals surface area (Å²) in [5.41, 5.74) is -4.81. The lowest BCUT2D eigenvalue weighted by molar-refractivity contribution is -0.292. The Hall–Kier alpha value is -3.45. The highest BCUT2D eigenvalue weighted by atomic mass is 19.4. The average Bonchev–Trinajstić information content (AvgIpc) is 3.31. The number of carbonyl (C=O) groups excluding carboxylic acids is 1. The summed E-state index contributed by atoms with van der Waals surface area (Å²) in [4.78, 5) is 13.3. The normalized spacial score (nSPS) is 12.8. The minimum absolute atomic E-state index is 0.141. The molecular formula is C17H11F8N5O. The van der Waals surface area contributed by atoms with Gasteiger partial charge in [0.1, 0.15) is 17.1 Å².